The lowest BCUT2D eigenvalue weighted by atomic mass is 9.78. The number of benzene rings is 6. The van der Waals surface area contributed by atoms with Crippen molar-refractivity contribution in [1.29, 1.82) is 0 Å². The maximum atomic E-state index is 2.58. The van der Waals surface area contributed by atoms with E-state index < -0.39 is 8.07 Å². The van der Waals surface area contributed by atoms with Crippen molar-refractivity contribution in [2.45, 2.75) is 32.9 Å². The van der Waals surface area contributed by atoms with Gasteiger partial charge in [-0.1, -0.05) is 154 Å². The third-order valence-electron chi connectivity index (χ3n) is 8.76. The summed E-state index contributed by atoms with van der Waals surface area (Å²) in [6.07, 6.45) is 2.18. The van der Waals surface area contributed by atoms with Crippen molar-refractivity contribution in [3.63, 3.8) is 0 Å². The fourth-order valence-corrected chi connectivity index (χ4v) is 10.8. The second-order valence-corrected chi connectivity index (χ2v) is 15.8. The maximum absolute atomic E-state index is 2.58. The first-order valence-corrected chi connectivity index (χ1v) is 17.5. The molecule has 0 atom stereocenters. The van der Waals surface area contributed by atoms with Gasteiger partial charge in [0.2, 0.25) is 0 Å². The summed E-state index contributed by atoms with van der Waals surface area (Å²) in [6, 6.07) is 47.3. The summed E-state index contributed by atoms with van der Waals surface area (Å²) < 4.78 is 0. The predicted octanol–water partition coefficient (Wildman–Crippen LogP) is 9.60. The van der Waals surface area contributed by atoms with E-state index in [1.807, 2.05) is 0 Å². The summed E-state index contributed by atoms with van der Waals surface area (Å²) in [5.41, 5.74) is 12.4. The van der Waals surface area contributed by atoms with Gasteiger partial charge in [0.15, 0.2) is 0 Å². The summed E-state index contributed by atoms with van der Waals surface area (Å²) in [5.74, 6) is 0. The van der Waals surface area contributed by atoms with Crippen molar-refractivity contribution in [3.05, 3.63) is 133 Å². The molecule has 0 aromatic heterocycles. The average molecular weight is 531 g/mol. The van der Waals surface area contributed by atoms with Gasteiger partial charge in [-0.05, 0) is 77.6 Å². The van der Waals surface area contributed by atoms with Crippen molar-refractivity contribution < 1.29 is 0 Å². The van der Waals surface area contributed by atoms with Crippen LogP contribution >= 0.6 is 0 Å². The number of rotatable bonds is 5. The fraction of sp³-hybridized carbons (Fsp3) is 0.128. The number of hydrogen-bond donors (Lipinski definition) is 0. The highest BCUT2D eigenvalue weighted by Crippen LogP contribution is 2.50. The number of hydrogen-bond acceptors (Lipinski definition) is 0. The quantitative estimate of drug-likeness (QED) is 0.195. The van der Waals surface area contributed by atoms with E-state index in [1.54, 1.807) is 15.9 Å². The topological polar surface area (TPSA) is 0 Å². The Bertz CT molecular complexity index is 1840. The summed E-state index contributed by atoms with van der Waals surface area (Å²) in [5, 5.41) is 6.00. The molecule has 0 spiro atoms. The zero-order valence-electron chi connectivity index (χ0n) is 23.5. The minimum atomic E-state index is -2.10. The maximum Gasteiger partial charge on any atom is 0.114 e. The molecule has 1 heterocycles. The van der Waals surface area contributed by atoms with Crippen LogP contribution in [0.1, 0.15) is 18.9 Å². The van der Waals surface area contributed by atoms with Crippen molar-refractivity contribution in [1.82, 2.24) is 0 Å². The molecule has 6 aromatic carbocycles. The molecule has 0 saturated carbocycles. The fourth-order valence-electron chi connectivity index (χ4n) is 7.18. The molecule has 0 nitrogen and oxygen atoms in total. The molecule has 0 unspecified atom stereocenters. The first-order valence-electron chi connectivity index (χ1n) is 14.5. The first-order chi connectivity index (χ1) is 19.6. The van der Waals surface area contributed by atoms with Gasteiger partial charge in [0.25, 0.3) is 0 Å². The molecule has 6 aromatic rings. The van der Waals surface area contributed by atoms with Gasteiger partial charge in [0, 0.05) is 0 Å². The SMILES string of the molecule is CCCc1c(-c2ccccc2)c(-c2ccccc2)c(-c2ccccc2)c2c1[Si](C)(C)c1cccc3cccc-2c13. The summed E-state index contributed by atoms with van der Waals surface area (Å²) in [6.45, 7) is 7.50. The zero-order chi connectivity index (χ0) is 27.3. The highest BCUT2D eigenvalue weighted by atomic mass is 28.3. The Morgan fingerprint density at radius 3 is 1.55 bits per heavy atom. The molecule has 194 valence electrons. The molecule has 0 bridgehead atoms. The summed E-state index contributed by atoms with van der Waals surface area (Å²) in [7, 11) is -2.10. The second-order valence-electron chi connectivity index (χ2n) is 11.5. The lowest BCUT2D eigenvalue weighted by Gasteiger charge is -2.39. The van der Waals surface area contributed by atoms with Crippen molar-refractivity contribution >= 4 is 29.2 Å². The van der Waals surface area contributed by atoms with Crippen LogP contribution < -0.4 is 10.4 Å². The molecule has 0 amide bonds. The van der Waals surface area contributed by atoms with Crippen LogP contribution in [0, 0.1) is 0 Å². The van der Waals surface area contributed by atoms with Crippen LogP contribution in [0.5, 0.6) is 0 Å². The third-order valence-corrected chi connectivity index (χ3v) is 12.3. The average Bonchev–Trinajstić information content (AvgIpc) is 3.00. The molecule has 0 fully saturated rings. The van der Waals surface area contributed by atoms with E-state index in [2.05, 4.69) is 147 Å². The van der Waals surface area contributed by atoms with Gasteiger partial charge in [-0.2, -0.15) is 0 Å². The highest BCUT2D eigenvalue weighted by Gasteiger charge is 2.40. The molecular formula is C39H34Si. The highest BCUT2D eigenvalue weighted by molar-refractivity contribution is 7.03. The van der Waals surface area contributed by atoms with E-state index in [-0.39, 0.29) is 0 Å². The molecule has 1 heteroatoms. The molecular weight excluding hydrogens is 497 g/mol. The van der Waals surface area contributed by atoms with Crippen LogP contribution in [0.4, 0.5) is 0 Å². The third kappa shape index (κ3) is 3.72. The predicted molar refractivity (Wildman–Crippen MR) is 176 cm³/mol. The Kier molecular flexibility index (Phi) is 6.06. The van der Waals surface area contributed by atoms with Crippen LogP contribution in [-0.2, 0) is 6.42 Å². The minimum Gasteiger partial charge on any atom is -0.0651 e. The molecule has 7 rings (SSSR count). The first kappa shape index (κ1) is 24.8. The van der Waals surface area contributed by atoms with Crippen LogP contribution in [0.3, 0.4) is 0 Å². The Morgan fingerprint density at radius 2 is 1.00 bits per heavy atom. The van der Waals surface area contributed by atoms with E-state index in [4.69, 9.17) is 0 Å². The van der Waals surface area contributed by atoms with Crippen LogP contribution in [-0.4, -0.2) is 8.07 Å². The Labute approximate surface area is 239 Å². The Balaban J connectivity index is 1.80. The van der Waals surface area contributed by atoms with Crippen LogP contribution in [0.15, 0.2) is 127 Å². The van der Waals surface area contributed by atoms with Crippen molar-refractivity contribution in [3.8, 4) is 44.5 Å². The Hall–Kier alpha value is -4.20. The lowest BCUT2D eigenvalue weighted by molar-refractivity contribution is 0.928. The smallest absolute Gasteiger partial charge is 0.0651 e. The molecule has 0 radical (unpaired) electrons. The second kappa shape index (κ2) is 9.77. The van der Waals surface area contributed by atoms with E-state index in [0.717, 1.165) is 12.8 Å². The van der Waals surface area contributed by atoms with Crippen LogP contribution in [0.2, 0.25) is 13.1 Å². The minimum absolute atomic E-state index is 1.07. The molecule has 0 aliphatic carbocycles. The normalized spacial score (nSPS) is 13.3. The van der Waals surface area contributed by atoms with Crippen molar-refractivity contribution in [2.24, 2.45) is 0 Å². The molecule has 1 aliphatic heterocycles. The lowest BCUT2D eigenvalue weighted by Crippen LogP contribution is -2.57. The van der Waals surface area contributed by atoms with Crippen LogP contribution in [0.25, 0.3) is 55.3 Å². The molecule has 0 saturated heterocycles. The molecule has 40 heavy (non-hydrogen) atoms. The van der Waals surface area contributed by atoms with E-state index in [0.29, 0.717) is 0 Å². The van der Waals surface area contributed by atoms with E-state index in [9.17, 15) is 0 Å². The van der Waals surface area contributed by atoms with Gasteiger partial charge in [-0.25, -0.2) is 0 Å². The summed E-state index contributed by atoms with van der Waals surface area (Å²) in [4.78, 5) is 0. The van der Waals surface area contributed by atoms with Gasteiger partial charge in [-0.15, -0.1) is 0 Å². The van der Waals surface area contributed by atoms with Gasteiger partial charge in [0.05, 0.1) is 0 Å². The molecule has 0 N–H and O–H groups in total. The van der Waals surface area contributed by atoms with Crippen molar-refractivity contribution in [2.75, 3.05) is 0 Å². The Morgan fingerprint density at radius 1 is 0.500 bits per heavy atom. The van der Waals surface area contributed by atoms with Gasteiger partial charge < -0.3 is 0 Å². The standard InChI is InChI=1S/C39H34Si/c1-4-16-32-35(28-17-8-5-9-18-28)36(29-19-10-6-11-20-29)37(30-21-12-7-13-22-30)38-31-25-14-23-27-24-15-26-33(34(27)31)40(2,3)39(32)38/h5-15,17-26H,4,16H2,1-3H3. The monoisotopic (exact) mass is 530 g/mol. The van der Waals surface area contributed by atoms with Gasteiger partial charge in [0.1, 0.15) is 8.07 Å². The number of fused-ring (bicyclic) bond motifs is 2. The summed E-state index contributed by atoms with van der Waals surface area (Å²) >= 11 is 0. The van der Waals surface area contributed by atoms with Gasteiger partial charge in [-0.3, -0.25) is 0 Å². The van der Waals surface area contributed by atoms with E-state index >= 15 is 0 Å². The van der Waals surface area contributed by atoms with E-state index in [1.165, 1.54) is 55.3 Å². The zero-order valence-corrected chi connectivity index (χ0v) is 24.5. The van der Waals surface area contributed by atoms with Gasteiger partial charge >= 0.3 is 0 Å². The molecule has 1 aliphatic rings. The largest absolute Gasteiger partial charge is 0.114 e.